The van der Waals surface area contributed by atoms with E-state index in [1.807, 2.05) is 61.7 Å². The maximum Gasteiger partial charge on any atom is 0.301 e. The summed E-state index contributed by atoms with van der Waals surface area (Å²) in [6.45, 7) is 8.61. The van der Waals surface area contributed by atoms with Crippen LogP contribution in [-0.4, -0.2) is 49.6 Å². The summed E-state index contributed by atoms with van der Waals surface area (Å²) in [4.78, 5) is 34.1. The lowest BCUT2D eigenvalue weighted by Crippen LogP contribution is -2.29. The fraction of sp³-hybridized carbons (Fsp3) is 0.256. The first-order valence-electron chi connectivity index (χ1n) is 16.9. The van der Waals surface area contributed by atoms with Gasteiger partial charge in [-0.1, -0.05) is 91.0 Å². The van der Waals surface area contributed by atoms with Crippen LogP contribution in [0.15, 0.2) is 88.9 Å². The third kappa shape index (κ3) is 6.45. The number of pyridine rings is 1. The number of aromatic nitrogens is 4. The number of fused-ring (bicyclic) bond motifs is 2. The number of carbonyl (C=O) groups is 2. The summed E-state index contributed by atoms with van der Waals surface area (Å²) < 4.78 is 14.5. The average Bonchev–Trinajstić information content (AvgIpc) is 3.82. The number of aliphatic hydroxyl groups is 1. The van der Waals surface area contributed by atoms with Crippen molar-refractivity contribution in [1.82, 2.24) is 19.6 Å². The maximum absolute atomic E-state index is 14.0. The van der Waals surface area contributed by atoms with Crippen LogP contribution < -0.4 is 14.4 Å². The van der Waals surface area contributed by atoms with Crippen LogP contribution in [0.2, 0.25) is 0 Å². The number of carbonyl (C=O) groups excluding carboxylic acids is 2. The van der Waals surface area contributed by atoms with Gasteiger partial charge < -0.3 is 19.0 Å². The number of benzene rings is 3. The molecular weight excluding hydrogens is 683 g/mol. The topological polar surface area (TPSA) is 119 Å². The number of amides is 1. The minimum absolute atomic E-state index is 0.0913. The molecule has 0 saturated carbocycles. The van der Waals surface area contributed by atoms with Crippen molar-refractivity contribution >= 4 is 62.1 Å². The lowest BCUT2D eigenvalue weighted by molar-refractivity contribution is -0.132. The lowest BCUT2D eigenvalue weighted by Gasteiger charge is -2.23. The Kier molecular flexibility index (Phi) is 9.79. The third-order valence-electron chi connectivity index (χ3n) is 8.92. The molecule has 1 atom stereocenters. The van der Waals surface area contributed by atoms with E-state index < -0.39 is 17.7 Å². The Hall–Kier alpha value is -5.20. The third-order valence-corrected chi connectivity index (χ3v) is 11.0. The summed E-state index contributed by atoms with van der Waals surface area (Å²) in [5.74, 6) is -0.352. The minimum atomic E-state index is -1.04. The molecule has 6 aromatic rings. The second-order valence-electron chi connectivity index (χ2n) is 12.2. The highest BCUT2D eigenvalue weighted by Crippen LogP contribution is 2.46. The molecule has 51 heavy (non-hydrogen) atoms. The standard InChI is InChI=1S/C39H37N5O5S2/c1-5-7-20-49-29-18-17-26(21-30(29)48-6-2)33-31(34(45)32-24(4)43-19-11-12-23(3)36(43)40-32)35(46)37(47)44(33)38-41-42-39(51-38)50-22-27-15-10-14-25-13-8-9-16-28(25)27/h8-19,21,33,45H,5-7,20,22H2,1-4H3/b34-31+. The Balaban J connectivity index is 1.31. The normalized spacial score (nSPS) is 15.7. The number of thioether (sulfide) groups is 1. The van der Waals surface area contributed by atoms with Gasteiger partial charge in [-0.15, -0.1) is 10.2 Å². The molecule has 3 aromatic carbocycles. The van der Waals surface area contributed by atoms with Gasteiger partial charge in [-0.25, -0.2) is 4.98 Å². The number of ether oxygens (including phenoxy) is 2. The number of anilines is 1. The van der Waals surface area contributed by atoms with Gasteiger partial charge in [0.25, 0.3) is 5.78 Å². The van der Waals surface area contributed by atoms with Crippen LogP contribution in [0, 0.1) is 13.8 Å². The van der Waals surface area contributed by atoms with Crippen LogP contribution in [0.4, 0.5) is 5.13 Å². The van der Waals surface area contributed by atoms with Crippen molar-refractivity contribution in [2.45, 2.75) is 56.7 Å². The Morgan fingerprint density at radius 1 is 0.961 bits per heavy atom. The van der Waals surface area contributed by atoms with Gasteiger partial charge in [-0.05, 0) is 72.9 Å². The van der Waals surface area contributed by atoms with Gasteiger partial charge in [0.05, 0.1) is 30.5 Å². The van der Waals surface area contributed by atoms with E-state index in [1.54, 1.807) is 18.2 Å². The fourth-order valence-electron chi connectivity index (χ4n) is 6.34. The van der Waals surface area contributed by atoms with Crippen molar-refractivity contribution in [3.63, 3.8) is 0 Å². The SMILES string of the molecule is CCCCOc1ccc(C2/C(=C(\O)c3nc4c(C)cccn4c3C)C(=O)C(=O)N2c2nnc(SCc3cccc4ccccc34)s2)cc1OCC. The van der Waals surface area contributed by atoms with Gasteiger partial charge in [0, 0.05) is 11.9 Å². The second kappa shape index (κ2) is 14.6. The van der Waals surface area contributed by atoms with Crippen molar-refractivity contribution in [3.8, 4) is 11.5 Å². The number of aliphatic hydroxyl groups excluding tert-OH is 1. The van der Waals surface area contributed by atoms with Crippen molar-refractivity contribution in [3.05, 3.63) is 113 Å². The Morgan fingerprint density at radius 3 is 2.59 bits per heavy atom. The smallest absolute Gasteiger partial charge is 0.301 e. The molecule has 7 rings (SSSR count). The van der Waals surface area contributed by atoms with Crippen molar-refractivity contribution in [1.29, 1.82) is 0 Å². The number of imidazole rings is 1. The first-order chi connectivity index (χ1) is 24.8. The van der Waals surface area contributed by atoms with Crippen LogP contribution in [0.3, 0.4) is 0 Å². The van der Waals surface area contributed by atoms with Crippen LogP contribution >= 0.6 is 23.1 Å². The quantitative estimate of drug-likeness (QED) is 0.0332. The van der Waals surface area contributed by atoms with E-state index in [2.05, 4.69) is 41.4 Å². The fourth-order valence-corrected chi connectivity index (χ4v) is 8.22. The summed E-state index contributed by atoms with van der Waals surface area (Å²) in [6.07, 6.45) is 3.70. The zero-order chi connectivity index (χ0) is 35.6. The highest BCUT2D eigenvalue weighted by Gasteiger charge is 2.49. The van der Waals surface area contributed by atoms with E-state index in [9.17, 15) is 14.7 Å². The Morgan fingerprint density at radius 2 is 1.78 bits per heavy atom. The molecular formula is C39H37N5O5S2. The number of Topliss-reactive ketones (excluding diaryl/α,β-unsaturated/α-hetero) is 1. The lowest BCUT2D eigenvalue weighted by atomic mass is 9.96. The zero-order valence-electron chi connectivity index (χ0n) is 28.8. The molecule has 1 aliphatic heterocycles. The first-order valence-corrected chi connectivity index (χ1v) is 18.7. The highest BCUT2D eigenvalue weighted by atomic mass is 32.2. The molecule has 10 nitrogen and oxygen atoms in total. The predicted octanol–water partition coefficient (Wildman–Crippen LogP) is 8.45. The monoisotopic (exact) mass is 719 g/mol. The van der Waals surface area contributed by atoms with Gasteiger partial charge in [-0.2, -0.15) is 0 Å². The number of ketones is 1. The first kappa shape index (κ1) is 34.3. The van der Waals surface area contributed by atoms with Crippen molar-refractivity contribution in [2.75, 3.05) is 18.1 Å². The number of unbranched alkanes of at least 4 members (excludes halogenated alkanes) is 1. The van der Waals surface area contributed by atoms with E-state index in [0.717, 1.165) is 34.7 Å². The number of hydrogen-bond acceptors (Lipinski definition) is 10. The minimum Gasteiger partial charge on any atom is -0.505 e. The zero-order valence-corrected chi connectivity index (χ0v) is 30.4. The molecule has 260 valence electrons. The number of rotatable bonds is 12. The molecule has 3 aromatic heterocycles. The largest absolute Gasteiger partial charge is 0.505 e. The second-order valence-corrected chi connectivity index (χ2v) is 14.4. The van der Waals surface area contributed by atoms with Crippen LogP contribution in [-0.2, 0) is 15.3 Å². The summed E-state index contributed by atoms with van der Waals surface area (Å²) in [5.41, 5.74) is 4.00. The molecule has 1 fully saturated rings. The molecule has 4 heterocycles. The van der Waals surface area contributed by atoms with E-state index in [4.69, 9.17) is 14.5 Å². The Labute approximate surface area is 303 Å². The van der Waals surface area contributed by atoms with Gasteiger partial charge in [0.2, 0.25) is 5.13 Å². The summed E-state index contributed by atoms with van der Waals surface area (Å²) in [6, 6.07) is 22.5. The van der Waals surface area contributed by atoms with E-state index in [-0.39, 0.29) is 22.2 Å². The molecule has 0 aliphatic carbocycles. The molecule has 1 saturated heterocycles. The molecule has 0 radical (unpaired) electrons. The molecule has 1 aliphatic rings. The summed E-state index contributed by atoms with van der Waals surface area (Å²) in [5, 5.41) is 23.3. The molecule has 1 N–H and O–H groups in total. The molecule has 1 unspecified atom stereocenters. The number of nitrogens with zero attached hydrogens (tertiary/aromatic N) is 5. The van der Waals surface area contributed by atoms with Crippen molar-refractivity contribution < 1.29 is 24.2 Å². The molecule has 0 spiro atoms. The maximum atomic E-state index is 14.0. The van der Waals surface area contributed by atoms with Gasteiger partial charge >= 0.3 is 5.91 Å². The van der Waals surface area contributed by atoms with Crippen LogP contribution in [0.25, 0.3) is 22.2 Å². The van der Waals surface area contributed by atoms with Crippen LogP contribution in [0.5, 0.6) is 11.5 Å². The number of aryl methyl sites for hydroxylation is 2. The van der Waals surface area contributed by atoms with Crippen LogP contribution in [0.1, 0.15) is 60.8 Å². The molecule has 0 bridgehead atoms. The van der Waals surface area contributed by atoms with Gasteiger partial charge in [0.15, 0.2) is 21.6 Å². The average molecular weight is 720 g/mol. The molecule has 12 heteroatoms. The van der Waals surface area contributed by atoms with Crippen molar-refractivity contribution in [2.24, 2.45) is 0 Å². The van der Waals surface area contributed by atoms with E-state index in [0.29, 0.717) is 51.7 Å². The highest BCUT2D eigenvalue weighted by molar-refractivity contribution is 8.00. The van der Waals surface area contributed by atoms with E-state index >= 15 is 0 Å². The summed E-state index contributed by atoms with van der Waals surface area (Å²) >= 11 is 2.73. The van der Waals surface area contributed by atoms with E-state index in [1.165, 1.54) is 28.0 Å². The molecule has 1 amide bonds. The van der Waals surface area contributed by atoms with Gasteiger partial charge in [0.1, 0.15) is 11.3 Å². The van der Waals surface area contributed by atoms with Gasteiger partial charge in [-0.3, -0.25) is 14.5 Å². The summed E-state index contributed by atoms with van der Waals surface area (Å²) in [7, 11) is 0. The predicted molar refractivity (Wildman–Crippen MR) is 201 cm³/mol. The number of hydrogen-bond donors (Lipinski definition) is 1. The Bertz CT molecular complexity index is 2310.